The highest BCUT2D eigenvalue weighted by atomic mass is 32.2. The maximum atomic E-state index is 13.0. The van der Waals surface area contributed by atoms with E-state index in [0.717, 1.165) is 48.2 Å². The van der Waals surface area contributed by atoms with Gasteiger partial charge in [-0.15, -0.1) is 0 Å². The van der Waals surface area contributed by atoms with Crippen LogP contribution in [0, 0.1) is 22.0 Å². The standard InChI is InChI=1S/C23H24N4O7S3/c1-15-11-16(2)14-26(13-15)37(33,34)20-7-3-17(4-8-20)22(28)25-23-24-12-21(35-23)36(31,32)19-9-5-18(6-10-19)27(29)30/h3-10,12,15-16H,11,13-14H2,1-2H3,(H,24,25,28). The van der Waals surface area contributed by atoms with Crippen molar-refractivity contribution in [2.24, 2.45) is 11.8 Å². The first-order valence-electron chi connectivity index (χ1n) is 11.2. The number of nitro benzene ring substituents is 1. The molecule has 0 radical (unpaired) electrons. The summed E-state index contributed by atoms with van der Waals surface area (Å²) in [7, 11) is -7.68. The second-order valence-corrected chi connectivity index (χ2v) is 14.1. The van der Waals surface area contributed by atoms with E-state index >= 15 is 0 Å². The third-order valence-electron chi connectivity index (χ3n) is 5.92. The second kappa shape index (κ2) is 10.3. The second-order valence-electron chi connectivity index (χ2n) is 8.99. The Morgan fingerprint density at radius 2 is 1.57 bits per heavy atom. The first-order chi connectivity index (χ1) is 17.4. The molecule has 196 valence electrons. The fraction of sp³-hybridized carbons (Fsp3) is 0.304. The average molecular weight is 565 g/mol. The molecular weight excluding hydrogens is 540 g/mol. The number of amides is 1. The lowest BCUT2D eigenvalue weighted by atomic mass is 9.94. The molecule has 2 atom stereocenters. The summed E-state index contributed by atoms with van der Waals surface area (Å²) < 4.78 is 53.0. The molecule has 1 N–H and O–H groups in total. The zero-order chi connectivity index (χ0) is 27.0. The van der Waals surface area contributed by atoms with E-state index in [1.54, 1.807) is 0 Å². The maximum Gasteiger partial charge on any atom is 0.269 e. The van der Waals surface area contributed by atoms with Gasteiger partial charge in [0, 0.05) is 30.8 Å². The van der Waals surface area contributed by atoms with Gasteiger partial charge in [0.1, 0.15) is 4.21 Å². The Kier molecular flexibility index (Phi) is 7.46. The Morgan fingerprint density at radius 1 is 1.00 bits per heavy atom. The molecule has 1 fully saturated rings. The maximum absolute atomic E-state index is 13.0. The number of hydrogen-bond donors (Lipinski definition) is 1. The molecule has 2 unspecified atom stereocenters. The monoisotopic (exact) mass is 564 g/mol. The first-order valence-corrected chi connectivity index (χ1v) is 15.0. The minimum absolute atomic E-state index is 0.0264. The van der Waals surface area contributed by atoms with Crippen molar-refractivity contribution in [3.8, 4) is 0 Å². The van der Waals surface area contributed by atoms with E-state index in [-0.39, 0.29) is 42.2 Å². The number of rotatable bonds is 7. The molecule has 4 rings (SSSR count). The van der Waals surface area contributed by atoms with Gasteiger partial charge in [0.05, 0.1) is 20.9 Å². The number of sulfone groups is 1. The number of thiazole rings is 1. The van der Waals surface area contributed by atoms with Crippen LogP contribution in [0.3, 0.4) is 0 Å². The van der Waals surface area contributed by atoms with E-state index in [9.17, 15) is 31.7 Å². The molecule has 1 aliphatic heterocycles. The van der Waals surface area contributed by atoms with Crippen LogP contribution in [0.4, 0.5) is 10.8 Å². The minimum atomic E-state index is -3.99. The smallest absolute Gasteiger partial charge is 0.269 e. The quantitative estimate of drug-likeness (QED) is 0.335. The molecule has 37 heavy (non-hydrogen) atoms. The Hall–Kier alpha value is -3.20. The van der Waals surface area contributed by atoms with Gasteiger partial charge < -0.3 is 0 Å². The van der Waals surface area contributed by atoms with E-state index < -0.39 is 30.7 Å². The summed E-state index contributed by atoms with van der Waals surface area (Å²) in [5, 5.41) is 13.3. The van der Waals surface area contributed by atoms with Gasteiger partial charge in [-0.25, -0.2) is 21.8 Å². The van der Waals surface area contributed by atoms with Crippen LogP contribution in [0.15, 0.2) is 68.7 Å². The van der Waals surface area contributed by atoms with Gasteiger partial charge in [-0.1, -0.05) is 25.2 Å². The number of non-ortho nitro benzene ring substituents is 1. The fourth-order valence-electron chi connectivity index (χ4n) is 4.20. The van der Waals surface area contributed by atoms with Gasteiger partial charge >= 0.3 is 0 Å². The number of nitrogens with one attached hydrogen (secondary N) is 1. The van der Waals surface area contributed by atoms with Crippen molar-refractivity contribution < 1.29 is 26.6 Å². The summed E-state index contributed by atoms with van der Waals surface area (Å²) in [5.41, 5.74) is -0.0654. The average Bonchev–Trinajstić information content (AvgIpc) is 3.33. The molecule has 0 saturated carbocycles. The van der Waals surface area contributed by atoms with Crippen LogP contribution in [0.2, 0.25) is 0 Å². The molecule has 2 aromatic carbocycles. The number of carbonyl (C=O) groups excluding carboxylic acids is 1. The molecule has 0 spiro atoms. The number of anilines is 1. The molecule has 1 aromatic heterocycles. The molecule has 11 nitrogen and oxygen atoms in total. The van der Waals surface area contributed by atoms with Crippen molar-refractivity contribution in [1.82, 2.24) is 9.29 Å². The Labute approximate surface area is 218 Å². The number of piperidine rings is 1. The Morgan fingerprint density at radius 3 is 2.14 bits per heavy atom. The van der Waals surface area contributed by atoms with E-state index in [1.807, 2.05) is 13.8 Å². The number of aromatic nitrogens is 1. The van der Waals surface area contributed by atoms with Gasteiger partial charge in [0.25, 0.3) is 11.6 Å². The van der Waals surface area contributed by atoms with Crippen molar-refractivity contribution >= 4 is 47.9 Å². The van der Waals surface area contributed by atoms with Crippen molar-refractivity contribution in [3.05, 3.63) is 70.4 Å². The number of sulfonamides is 1. The Bertz CT molecular complexity index is 1520. The van der Waals surface area contributed by atoms with Crippen LogP contribution >= 0.6 is 11.3 Å². The normalized spacial score (nSPS) is 18.9. The van der Waals surface area contributed by atoms with Crippen molar-refractivity contribution in [1.29, 1.82) is 0 Å². The predicted octanol–water partition coefficient (Wildman–Crippen LogP) is 3.80. The summed E-state index contributed by atoms with van der Waals surface area (Å²) in [6.07, 6.45) is 2.06. The zero-order valence-corrected chi connectivity index (χ0v) is 22.3. The number of nitrogens with zero attached hydrogens (tertiary/aromatic N) is 3. The SMILES string of the molecule is CC1CC(C)CN(S(=O)(=O)c2ccc(C(=O)Nc3ncc(S(=O)(=O)c4ccc([N+](=O)[O-])cc4)s3)cc2)C1. The van der Waals surface area contributed by atoms with Crippen LogP contribution in [-0.2, 0) is 19.9 Å². The van der Waals surface area contributed by atoms with Gasteiger partial charge in [-0.2, -0.15) is 4.31 Å². The predicted molar refractivity (Wildman–Crippen MR) is 137 cm³/mol. The number of benzene rings is 2. The third kappa shape index (κ3) is 5.71. The summed E-state index contributed by atoms with van der Waals surface area (Å²) in [6.45, 7) is 4.94. The van der Waals surface area contributed by atoms with Gasteiger partial charge in [0.2, 0.25) is 19.9 Å². The number of nitro groups is 1. The Balaban J connectivity index is 1.46. The minimum Gasteiger partial charge on any atom is -0.298 e. The third-order valence-corrected chi connectivity index (χ3v) is 10.9. The van der Waals surface area contributed by atoms with E-state index in [4.69, 9.17) is 0 Å². The number of hydrogen-bond acceptors (Lipinski definition) is 9. The zero-order valence-electron chi connectivity index (χ0n) is 19.9. The van der Waals surface area contributed by atoms with Crippen molar-refractivity contribution in [2.75, 3.05) is 18.4 Å². The molecule has 0 aliphatic carbocycles. The molecule has 14 heteroatoms. The molecular formula is C23H24N4O7S3. The molecule has 1 amide bonds. The van der Waals surface area contributed by atoms with Gasteiger partial charge in [-0.05, 0) is 54.7 Å². The summed E-state index contributed by atoms with van der Waals surface area (Å²) in [6, 6.07) is 9.97. The van der Waals surface area contributed by atoms with E-state index in [1.165, 1.54) is 28.6 Å². The highest BCUT2D eigenvalue weighted by Crippen LogP contribution is 2.30. The number of carbonyl (C=O) groups is 1. The van der Waals surface area contributed by atoms with Crippen LogP contribution in [0.1, 0.15) is 30.6 Å². The summed E-state index contributed by atoms with van der Waals surface area (Å²) in [4.78, 5) is 26.7. The lowest BCUT2D eigenvalue weighted by Crippen LogP contribution is -2.42. The molecule has 1 saturated heterocycles. The molecule has 1 aliphatic rings. The lowest BCUT2D eigenvalue weighted by molar-refractivity contribution is -0.384. The van der Waals surface area contributed by atoms with Crippen LogP contribution < -0.4 is 5.32 Å². The highest BCUT2D eigenvalue weighted by molar-refractivity contribution is 7.93. The fourth-order valence-corrected chi connectivity index (χ4v) is 8.31. The van der Waals surface area contributed by atoms with Crippen molar-refractivity contribution in [3.63, 3.8) is 0 Å². The van der Waals surface area contributed by atoms with Crippen LogP contribution in [-0.4, -0.2) is 50.0 Å². The first kappa shape index (κ1) is 26.9. The van der Waals surface area contributed by atoms with Crippen molar-refractivity contribution in [2.45, 2.75) is 34.3 Å². The summed E-state index contributed by atoms with van der Waals surface area (Å²) in [5.74, 6) is -0.0650. The van der Waals surface area contributed by atoms with Gasteiger partial charge in [-0.3, -0.25) is 20.2 Å². The molecule has 0 bridgehead atoms. The largest absolute Gasteiger partial charge is 0.298 e. The van der Waals surface area contributed by atoms with Gasteiger partial charge in [0.15, 0.2) is 5.13 Å². The van der Waals surface area contributed by atoms with Crippen LogP contribution in [0.5, 0.6) is 0 Å². The highest BCUT2D eigenvalue weighted by Gasteiger charge is 2.31. The van der Waals surface area contributed by atoms with Crippen LogP contribution in [0.25, 0.3) is 0 Å². The molecule has 3 aromatic rings. The topological polar surface area (TPSA) is 157 Å². The molecule has 2 heterocycles. The van der Waals surface area contributed by atoms with E-state index in [0.29, 0.717) is 13.1 Å². The van der Waals surface area contributed by atoms with E-state index in [2.05, 4.69) is 10.3 Å². The summed E-state index contributed by atoms with van der Waals surface area (Å²) >= 11 is 0.727. The lowest BCUT2D eigenvalue weighted by Gasteiger charge is -2.34.